The van der Waals surface area contributed by atoms with Gasteiger partial charge in [-0.1, -0.05) is 30.0 Å². The lowest BCUT2D eigenvalue weighted by molar-refractivity contribution is 0.355. The van der Waals surface area contributed by atoms with E-state index in [1.807, 2.05) is 55.5 Å². The van der Waals surface area contributed by atoms with Gasteiger partial charge in [-0.25, -0.2) is 19.9 Å². The van der Waals surface area contributed by atoms with Gasteiger partial charge in [0.05, 0.1) is 36.5 Å². The molecule has 0 N–H and O–H groups in total. The van der Waals surface area contributed by atoms with Crippen molar-refractivity contribution in [1.82, 2.24) is 38.5 Å². The van der Waals surface area contributed by atoms with E-state index in [1.165, 1.54) is 16.2 Å². The van der Waals surface area contributed by atoms with Crippen molar-refractivity contribution in [3.63, 3.8) is 0 Å². The van der Waals surface area contributed by atoms with Crippen molar-refractivity contribution in [2.24, 2.45) is 0 Å². The molecule has 11 nitrogen and oxygen atoms in total. The number of pyridine rings is 1. The fraction of sp³-hybridized carbons (Fsp3) is 0.200. The molecule has 0 aliphatic carbocycles. The van der Waals surface area contributed by atoms with Crippen LogP contribution in [-0.2, 0) is 18.7 Å². The molecule has 0 aliphatic heterocycles. The first-order valence-electron chi connectivity index (χ1n) is 13.4. The largest absolute Gasteiger partial charge is 0.493 e. The molecule has 42 heavy (non-hydrogen) atoms. The second-order valence-electron chi connectivity index (χ2n) is 9.73. The van der Waals surface area contributed by atoms with Crippen molar-refractivity contribution >= 4 is 45.0 Å². The lowest BCUT2D eigenvalue weighted by Crippen LogP contribution is -2.14. The Hall–Kier alpha value is -4.97. The minimum absolute atomic E-state index is 0.130. The minimum Gasteiger partial charge on any atom is -0.493 e. The van der Waals surface area contributed by atoms with E-state index in [0.29, 0.717) is 63.7 Å². The van der Waals surface area contributed by atoms with Gasteiger partial charge in [0.15, 0.2) is 28.1 Å². The van der Waals surface area contributed by atoms with Gasteiger partial charge >= 0.3 is 0 Å². The highest BCUT2D eigenvalue weighted by Crippen LogP contribution is 2.35. The molecule has 0 fully saturated rings. The molecule has 7 rings (SSSR count). The molecule has 0 unspecified atom stereocenters. The first-order valence-corrected chi connectivity index (χ1v) is 14.3. The van der Waals surface area contributed by atoms with Crippen LogP contribution in [0.25, 0.3) is 33.2 Å². The summed E-state index contributed by atoms with van der Waals surface area (Å²) in [5.74, 6) is 3.21. The third-order valence-corrected chi connectivity index (χ3v) is 8.13. The Balaban J connectivity index is 1.29. The maximum atomic E-state index is 12.6. The van der Waals surface area contributed by atoms with Crippen LogP contribution in [0.15, 0.2) is 76.8 Å². The first-order chi connectivity index (χ1) is 20.5. The van der Waals surface area contributed by atoms with Gasteiger partial charge < -0.3 is 14.0 Å². The Bertz CT molecular complexity index is 2190. The van der Waals surface area contributed by atoms with Gasteiger partial charge in [0.2, 0.25) is 0 Å². The summed E-state index contributed by atoms with van der Waals surface area (Å²) in [4.78, 5) is 31.9. The normalized spacial score (nSPS) is 11.7. The lowest BCUT2D eigenvalue weighted by Gasteiger charge is -2.11. The zero-order valence-electron chi connectivity index (χ0n) is 23.2. The number of hydrogen-bond donors (Lipinski definition) is 0. The number of fused-ring (bicyclic) bond motifs is 5. The average molecular weight is 579 g/mol. The molecular weight excluding hydrogens is 552 g/mol. The molecule has 5 aromatic heterocycles. The predicted octanol–water partition coefficient (Wildman–Crippen LogP) is 4.50. The van der Waals surface area contributed by atoms with Crippen LogP contribution in [0.5, 0.6) is 11.5 Å². The highest BCUT2D eigenvalue weighted by Gasteiger charge is 2.18. The van der Waals surface area contributed by atoms with Gasteiger partial charge in [-0.15, -0.1) is 5.10 Å². The molecule has 7 aromatic rings. The molecule has 2 aromatic carbocycles. The van der Waals surface area contributed by atoms with E-state index >= 15 is 0 Å². The van der Waals surface area contributed by atoms with E-state index in [2.05, 4.69) is 20.6 Å². The van der Waals surface area contributed by atoms with Crippen molar-refractivity contribution in [3.8, 4) is 11.5 Å². The van der Waals surface area contributed by atoms with Crippen LogP contribution in [-0.4, -0.2) is 52.7 Å². The van der Waals surface area contributed by atoms with Crippen LogP contribution in [0, 0.1) is 6.92 Å². The molecule has 0 spiro atoms. The number of benzene rings is 2. The summed E-state index contributed by atoms with van der Waals surface area (Å²) in [5.41, 5.74) is 4.53. The SMILES string of the molecule is COc1cc2nc(SCc3cc(=O)n4ccccc4n3)n3nc(CCn4c(C)nc5ccccc54)nc3c2cc1OC. The molecular formula is C30H26N8O3S. The third-order valence-electron chi connectivity index (χ3n) is 7.17. The molecule has 0 saturated heterocycles. The van der Waals surface area contributed by atoms with Crippen LogP contribution in [0.4, 0.5) is 0 Å². The topological polar surface area (TPSA) is 114 Å². The van der Waals surface area contributed by atoms with Crippen LogP contribution < -0.4 is 15.0 Å². The molecule has 0 atom stereocenters. The van der Waals surface area contributed by atoms with Crippen LogP contribution in [0.1, 0.15) is 17.3 Å². The molecule has 12 heteroatoms. The number of methoxy groups -OCH3 is 2. The highest BCUT2D eigenvalue weighted by molar-refractivity contribution is 7.98. The molecule has 210 valence electrons. The Morgan fingerprint density at radius 2 is 1.69 bits per heavy atom. The molecule has 5 heterocycles. The summed E-state index contributed by atoms with van der Waals surface area (Å²) in [6, 6.07) is 18.9. The summed E-state index contributed by atoms with van der Waals surface area (Å²) in [5, 5.41) is 6.30. The van der Waals surface area contributed by atoms with Gasteiger partial charge in [-0.2, -0.15) is 4.52 Å². The number of imidazole rings is 1. The summed E-state index contributed by atoms with van der Waals surface area (Å²) in [6.07, 6.45) is 2.31. The number of nitrogens with zero attached hydrogens (tertiary/aromatic N) is 8. The number of hydrogen-bond acceptors (Lipinski definition) is 9. The standard InChI is InChI=1S/C30H26N8O3S/c1-18-31-21-8-4-5-9-23(21)36(18)13-11-26-34-29-20-15-24(40-2)25(41-3)16-22(20)33-30(38(29)35-26)42-17-19-14-28(39)37-12-7-6-10-27(37)32-19/h4-10,12,14-16H,11,13,17H2,1-3H3. The lowest BCUT2D eigenvalue weighted by atomic mass is 10.2. The first kappa shape index (κ1) is 26.0. The maximum absolute atomic E-state index is 12.6. The Morgan fingerprint density at radius 3 is 2.55 bits per heavy atom. The summed E-state index contributed by atoms with van der Waals surface area (Å²) in [7, 11) is 3.20. The minimum atomic E-state index is -0.130. The number of rotatable bonds is 8. The van der Waals surface area contributed by atoms with E-state index in [0.717, 1.165) is 22.2 Å². The van der Waals surface area contributed by atoms with Crippen molar-refractivity contribution in [3.05, 3.63) is 94.6 Å². The molecule has 0 aliphatic rings. The summed E-state index contributed by atoms with van der Waals surface area (Å²) in [6.45, 7) is 2.69. The monoisotopic (exact) mass is 578 g/mol. The number of aromatic nitrogens is 8. The van der Waals surface area contributed by atoms with E-state index < -0.39 is 0 Å². The zero-order chi connectivity index (χ0) is 28.8. The van der Waals surface area contributed by atoms with Crippen LogP contribution in [0.3, 0.4) is 0 Å². The number of aryl methyl sites for hydroxylation is 3. The average Bonchev–Trinajstić information content (AvgIpc) is 3.58. The van der Waals surface area contributed by atoms with Gasteiger partial charge in [-0.3, -0.25) is 9.20 Å². The fourth-order valence-electron chi connectivity index (χ4n) is 5.16. The van der Waals surface area contributed by atoms with Gasteiger partial charge in [-0.05, 0) is 37.3 Å². The van der Waals surface area contributed by atoms with Gasteiger partial charge in [0, 0.05) is 42.4 Å². The highest BCUT2D eigenvalue weighted by atomic mass is 32.2. The quantitative estimate of drug-likeness (QED) is 0.190. The predicted molar refractivity (Wildman–Crippen MR) is 161 cm³/mol. The second-order valence-corrected chi connectivity index (χ2v) is 10.7. The number of ether oxygens (including phenoxy) is 2. The van der Waals surface area contributed by atoms with E-state index in [-0.39, 0.29) is 5.56 Å². The molecule has 0 amide bonds. The van der Waals surface area contributed by atoms with E-state index in [9.17, 15) is 4.79 Å². The fourth-order valence-corrected chi connectivity index (χ4v) is 5.99. The van der Waals surface area contributed by atoms with E-state index in [1.54, 1.807) is 31.0 Å². The van der Waals surface area contributed by atoms with Crippen molar-refractivity contribution in [2.45, 2.75) is 30.8 Å². The third kappa shape index (κ3) is 4.49. The van der Waals surface area contributed by atoms with Crippen molar-refractivity contribution in [2.75, 3.05) is 14.2 Å². The van der Waals surface area contributed by atoms with E-state index in [4.69, 9.17) is 24.5 Å². The molecule has 0 radical (unpaired) electrons. The Kier molecular flexibility index (Phi) is 6.46. The molecule has 0 bridgehead atoms. The second kappa shape index (κ2) is 10.5. The van der Waals surface area contributed by atoms with Gasteiger partial charge in [0.25, 0.3) is 5.56 Å². The van der Waals surface area contributed by atoms with Crippen molar-refractivity contribution in [1.29, 1.82) is 0 Å². The van der Waals surface area contributed by atoms with Crippen molar-refractivity contribution < 1.29 is 9.47 Å². The zero-order valence-corrected chi connectivity index (χ0v) is 24.0. The Labute approximate surface area is 243 Å². The summed E-state index contributed by atoms with van der Waals surface area (Å²) >= 11 is 1.44. The number of thioether (sulfide) groups is 1. The van der Waals surface area contributed by atoms with Gasteiger partial charge in [0.1, 0.15) is 11.5 Å². The Morgan fingerprint density at radius 1 is 0.881 bits per heavy atom. The van der Waals surface area contributed by atoms with Crippen LogP contribution in [0.2, 0.25) is 0 Å². The smallest absolute Gasteiger partial charge is 0.258 e. The molecule has 0 saturated carbocycles. The summed E-state index contributed by atoms with van der Waals surface area (Å²) < 4.78 is 16.6. The maximum Gasteiger partial charge on any atom is 0.258 e. The van der Waals surface area contributed by atoms with Crippen LogP contribution >= 0.6 is 11.8 Å². The number of para-hydroxylation sites is 2.